The highest BCUT2D eigenvalue weighted by Crippen LogP contribution is 2.28. The first kappa shape index (κ1) is 17.3. The maximum Gasteiger partial charge on any atom is 0.252 e. The molecule has 1 saturated heterocycles. The van der Waals surface area contributed by atoms with Crippen molar-refractivity contribution in [2.24, 2.45) is 0 Å². The van der Waals surface area contributed by atoms with Crippen LogP contribution in [0, 0.1) is 0 Å². The number of hydrogen-bond acceptors (Lipinski definition) is 5. The average molecular weight is 349 g/mol. The van der Waals surface area contributed by atoms with E-state index in [1.54, 1.807) is 10.4 Å². The average Bonchev–Trinajstić information content (AvgIpc) is 2.88. The molecule has 0 amide bonds. The quantitative estimate of drug-likeness (QED) is 0.858. The Morgan fingerprint density at radius 1 is 1.43 bits per heavy atom. The first-order valence-electron chi connectivity index (χ1n) is 7.33. The Bertz CT molecular complexity index is 554. The van der Waals surface area contributed by atoms with Gasteiger partial charge in [0.2, 0.25) is 0 Å². The summed E-state index contributed by atoms with van der Waals surface area (Å²) >= 11 is 3.25. The van der Waals surface area contributed by atoms with Crippen LogP contribution in [-0.2, 0) is 16.4 Å². The number of thiophene rings is 1. The third-order valence-electron chi connectivity index (χ3n) is 3.36. The number of rotatable bonds is 6. The maximum atomic E-state index is 12.6. The Morgan fingerprint density at radius 2 is 2.19 bits per heavy atom. The van der Waals surface area contributed by atoms with Crippen LogP contribution in [0.2, 0.25) is 0 Å². The number of nitrogens with zero attached hydrogens (tertiary/aromatic N) is 1. The fourth-order valence-corrected chi connectivity index (χ4v) is 6.51. The number of nitrogens with one attached hydrogen (secondary N) is 1. The highest BCUT2D eigenvalue weighted by atomic mass is 32.2. The van der Waals surface area contributed by atoms with Gasteiger partial charge in [0.1, 0.15) is 4.21 Å². The fourth-order valence-electron chi connectivity index (χ4n) is 2.25. The molecule has 21 heavy (non-hydrogen) atoms. The normalized spacial score (nSPS) is 21.0. The van der Waals surface area contributed by atoms with Crippen LogP contribution in [0.4, 0.5) is 0 Å². The minimum Gasteiger partial charge on any atom is -0.314 e. The predicted octanol–water partition coefficient (Wildman–Crippen LogP) is 2.41. The summed E-state index contributed by atoms with van der Waals surface area (Å²) in [6.45, 7) is 8.44. The van der Waals surface area contributed by atoms with Gasteiger partial charge in [-0.3, -0.25) is 0 Å². The van der Waals surface area contributed by atoms with Crippen molar-refractivity contribution in [2.45, 2.75) is 42.7 Å². The fraction of sp³-hybridized carbons (Fsp3) is 0.714. The van der Waals surface area contributed by atoms with E-state index in [0.29, 0.717) is 28.6 Å². The lowest BCUT2D eigenvalue weighted by atomic mass is 10.3. The van der Waals surface area contributed by atoms with Crippen molar-refractivity contribution >= 4 is 33.1 Å². The lowest BCUT2D eigenvalue weighted by Gasteiger charge is -2.29. The highest BCUT2D eigenvalue weighted by Gasteiger charge is 2.30. The summed E-state index contributed by atoms with van der Waals surface area (Å²) in [4.78, 5) is 1.13. The minimum atomic E-state index is -3.30. The van der Waals surface area contributed by atoms with Crippen molar-refractivity contribution in [3.8, 4) is 0 Å². The summed E-state index contributed by atoms with van der Waals surface area (Å²) in [5.74, 6) is 0.886. The summed E-state index contributed by atoms with van der Waals surface area (Å²) < 4.78 is 27.4. The Hall–Kier alpha value is -0.0800. The third-order valence-corrected chi connectivity index (χ3v) is 7.97. The highest BCUT2D eigenvalue weighted by molar-refractivity contribution is 8.00. The molecular formula is C14H24N2O2S3. The van der Waals surface area contributed by atoms with Gasteiger partial charge < -0.3 is 5.32 Å². The molecule has 1 aliphatic rings. The Kier molecular flexibility index (Phi) is 6.14. The van der Waals surface area contributed by atoms with E-state index in [4.69, 9.17) is 0 Å². The smallest absolute Gasteiger partial charge is 0.252 e. The van der Waals surface area contributed by atoms with E-state index in [0.717, 1.165) is 23.6 Å². The van der Waals surface area contributed by atoms with E-state index in [-0.39, 0.29) is 0 Å². The molecule has 4 nitrogen and oxygen atoms in total. The van der Waals surface area contributed by atoms with Gasteiger partial charge in [0.05, 0.1) is 0 Å². The number of thioether (sulfide) groups is 1. The van der Waals surface area contributed by atoms with Crippen molar-refractivity contribution in [1.29, 1.82) is 0 Å². The molecule has 0 saturated carbocycles. The molecule has 7 heteroatoms. The molecule has 1 N–H and O–H groups in total. The van der Waals surface area contributed by atoms with E-state index in [9.17, 15) is 8.42 Å². The van der Waals surface area contributed by atoms with Crippen LogP contribution in [0.1, 0.15) is 25.6 Å². The molecule has 1 unspecified atom stereocenters. The van der Waals surface area contributed by atoms with Gasteiger partial charge in [-0.15, -0.1) is 11.3 Å². The monoisotopic (exact) mass is 348 g/mol. The number of hydrogen-bond donors (Lipinski definition) is 1. The van der Waals surface area contributed by atoms with Crippen LogP contribution < -0.4 is 5.32 Å². The maximum absolute atomic E-state index is 12.6. The zero-order valence-electron chi connectivity index (χ0n) is 12.8. The topological polar surface area (TPSA) is 49.4 Å². The van der Waals surface area contributed by atoms with E-state index in [1.165, 1.54) is 11.3 Å². The molecule has 0 radical (unpaired) electrons. The number of sulfonamides is 1. The van der Waals surface area contributed by atoms with Gasteiger partial charge in [-0.25, -0.2) is 8.42 Å². The van der Waals surface area contributed by atoms with Crippen molar-refractivity contribution in [3.05, 3.63) is 17.0 Å². The zero-order valence-corrected chi connectivity index (χ0v) is 15.3. The lowest BCUT2D eigenvalue weighted by Crippen LogP contribution is -2.40. The Balaban J connectivity index is 2.02. The van der Waals surface area contributed by atoms with Crippen LogP contribution >= 0.6 is 23.1 Å². The molecule has 0 spiro atoms. The minimum absolute atomic E-state index is 0.378. The van der Waals surface area contributed by atoms with Gasteiger partial charge in [0, 0.05) is 41.6 Å². The molecule has 1 aromatic rings. The second-order valence-electron chi connectivity index (χ2n) is 5.62. The first-order chi connectivity index (χ1) is 9.89. The van der Waals surface area contributed by atoms with Crippen LogP contribution in [0.25, 0.3) is 0 Å². The Labute approximate surface area is 136 Å². The molecule has 1 aromatic heterocycles. The summed E-state index contributed by atoms with van der Waals surface area (Å²) in [6, 6.07) is 4.17. The van der Waals surface area contributed by atoms with Crippen molar-refractivity contribution in [2.75, 3.05) is 25.4 Å². The molecule has 2 heterocycles. The van der Waals surface area contributed by atoms with E-state index >= 15 is 0 Å². The van der Waals surface area contributed by atoms with Crippen LogP contribution in [0.15, 0.2) is 16.3 Å². The first-order valence-corrected chi connectivity index (χ1v) is 10.6. The molecule has 0 aromatic carbocycles. The SMILES string of the molecule is CC(C)NCCc1ccc(S(=O)(=O)N2CCSC(C)C2)s1. The van der Waals surface area contributed by atoms with Gasteiger partial charge in [0.25, 0.3) is 10.0 Å². The summed E-state index contributed by atoms with van der Waals surface area (Å²) in [7, 11) is -3.30. The third kappa shape index (κ3) is 4.69. The predicted molar refractivity (Wildman–Crippen MR) is 91.8 cm³/mol. The lowest BCUT2D eigenvalue weighted by molar-refractivity contribution is 0.425. The zero-order chi connectivity index (χ0) is 15.5. The molecule has 1 atom stereocenters. The van der Waals surface area contributed by atoms with Crippen molar-refractivity contribution in [3.63, 3.8) is 0 Å². The second kappa shape index (κ2) is 7.46. The van der Waals surface area contributed by atoms with E-state index in [2.05, 4.69) is 26.1 Å². The Morgan fingerprint density at radius 3 is 2.86 bits per heavy atom. The molecule has 1 fully saturated rings. The van der Waals surface area contributed by atoms with Gasteiger partial charge >= 0.3 is 0 Å². The molecule has 2 rings (SSSR count). The van der Waals surface area contributed by atoms with E-state index in [1.807, 2.05) is 17.8 Å². The second-order valence-corrected chi connectivity index (χ2v) is 10.5. The molecule has 0 aliphatic carbocycles. The van der Waals surface area contributed by atoms with Crippen LogP contribution in [0.3, 0.4) is 0 Å². The van der Waals surface area contributed by atoms with Crippen LogP contribution in [0.5, 0.6) is 0 Å². The molecule has 1 aliphatic heterocycles. The van der Waals surface area contributed by atoms with E-state index < -0.39 is 10.0 Å². The van der Waals surface area contributed by atoms with Gasteiger partial charge in [0.15, 0.2) is 0 Å². The van der Waals surface area contributed by atoms with Gasteiger partial charge in [-0.2, -0.15) is 16.1 Å². The standard InChI is InChI=1S/C14H24N2O2S3/c1-11(2)15-7-6-13-4-5-14(20-13)21(17,18)16-8-9-19-12(3)10-16/h4-5,11-12,15H,6-10H2,1-3H3. The summed E-state index contributed by atoms with van der Waals surface area (Å²) in [6.07, 6.45) is 0.880. The summed E-state index contributed by atoms with van der Waals surface area (Å²) in [5, 5.41) is 3.73. The van der Waals surface area contributed by atoms with Gasteiger partial charge in [-0.05, 0) is 18.6 Å². The molecule has 0 bridgehead atoms. The van der Waals surface area contributed by atoms with Crippen molar-refractivity contribution < 1.29 is 8.42 Å². The molecular weight excluding hydrogens is 324 g/mol. The van der Waals surface area contributed by atoms with Crippen LogP contribution in [-0.4, -0.2) is 49.4 Å². The summed E-state index contributed by atoms with van der Waals surface area (Å²) in [5.41, 5.74) is 0. The van der Waals surface area contributed by atoms with Gasteiger partial charge in [-0.1, -0.05) is 20.8 Å². The molecule has 120 valence electrons. The largest absolute Gasteiger partial charge is 0.314 e. The van der Waals surface area contributed by atoms with Crippen molar-refractivity contribution in [1.82, 2.24) is 9.62 Å².